The van der Waals surface area contributed by atoms with Crippen LogP contribution in [0.4, 0.5) is 27.5 Å². The highest BCUT2D eigenvalue weighted by Gasteiger charge is 2.21. The highest BCUT2D eigenvalue weighted by Crippen LogP contribution is 2.26. The van der Waals surface area contributed by atoms with Gasteiger partial charge in [-0.2, -0.15) is 0 Å². The second-order valence-electron chi connectivity index (χ2n) is 14.2. The Morgan fingerprint density at radius 1 is 0.471 bits per heavy atom. The number of urea groups is 1. The summed E-state index contributed by atoms with van der Waals surface area (Å²) in [6, 6.07) is 15.2. The van der Waals surface area contributed by atoms with Gasteiger partial charge < -0.3 is 78.7 Å². The number of carbonyl (C=O) groups excluding carboxylic acids is 9. The molecule has 0 fully saturated rings. The van der Waals surface area contributed by atoms with Crippen LogP contribution in [0, 0.1) is 0 Å². The second kappa shape index (κ2) is 24.9. The van der Waals surface area contributed by atoms with E-state index in [-0.39, 0.29) is 81.0 Å². The fourth-order valence-corrected chi connectivity index (χ4v) is 6.15. The standard InChI is InChI=1S/C44H51N11O13/c1-65-32-11-7-23(16-27(32)39(46)59)52-36(56)20-49-40(60)28-17-24(8-12-33(28)66-2)53-37(57)21-50-41(61)29-18-25(9-13-34(29)67-3)54-38(58)22-51-42(62)30-19-26(10-14-35(30)68-4)55-43(63)31(45)6-5-15-48-44(47)64/h7-14,16-19,31H,5-6,15,20-22,45H2,1-4H3,(H2,46,59)(H,49,60)(H,50,61)(H,51,62)(H,52,56)(H,53,57)(H,54,58)(H,55,63)(H3,47,48,64). The van der Waals surface area contributed by atoms with Crippen LogP contribution in [0.15, 0.2) is 72.8 Å². The van der Waals surface area contributed by atoms with E-state index >= 15 is 0 Å². The third-order valence-electron chi connectivity index (χ3n) is 9.47. The molecule has 0 spiro atoms. The predicted molar refractivity (Wildman–Crippen MR) is 247 cm³/mol. The van der Waals surface area contributed by atoms with Crippen molar-refractivity contribution in [2.24, 2.45) is 17.2 Å². The molecule has 0 aliphatic heterocycles. The average molecular weight is 942 g/mol. The monoisotopic (exact) mass is 941 g/mol. The molecule has 1 atom stereocenters. The molecule has 0 aromatic heterocycles. The predicted octanol–water partition coefficient (Wildman–Crippen LogP) is 0.640. The van der Waals surface area contributed by atoms with Gasteiger partial charge in [-0.15, -0.1) is 0 Å². The van der Waals surface area contributed by atoms with Crippen LogP contribution in [-0.4, -0.2) is 114 Å². The summed E-state index contributed by atoms with van der Waals surface area (Å²) in [7, 11) is 5.33. The van der Waals surface area contributed by atoms with E-state index < -0.39 is 79.0 Å². The maximum absolute atomic E-state index is 13.3. The Bertz CT molecular complexity index is 2570. The molecular weight excluding hydrogens is 891 g/mol. The molecule has 0 aliphatic carbocycles. The van der Waals surface area contributed by atoms with Gasteiger partial charge in [0, 0.05) is 29.3 Å². The van der Waals surface area contributed by atoms with Gasteiger partial charge in [-0.05, 0) is 85.6 Å². The Labute approximate surface area is 388 Å². The summed E-state index contributed by atoms with van der Waals surface area (Å²) in [4.78, 5) is 113. The Morgan fingerprint density at radius 2 is 0.794 bits per heavy atom. The van der Waals surface area contributed by atoms with Crippen LogP contribution in [0.3, 0.4) is 0 Å². The van der Waals surface area contributed by atoms with Gasteiger partial charge in [0.25, 0.3) is 23.6 Å². The Hall–Kier alpha value is -8.93. The highest BCUT2D eigenvalue weighted by atomic mass is 16.5. The van der Waals surface area contributed by atoms with Gasteiger partial charge in [0.1, 0.15) is 23.0 Å². The number of hydrogen-bond acceptors (Lipinski definition) is 14. The average Bonchev–Trinajstić information content (AvgIpc) is 3.32. The van der Waals surface area contributed by atoms with Gasteiger partial charge in [0.15, 0.2) is 0 Å². The summed E-state index contributed by atoms with van der Waals surface area (Å²) >= 11 is 0. The van der Waals surface area contributed by atoms with Crippen LogP contribution in [0.25, 0.3) is 0 Å². The fraction of sp³-hybridized carbons (Fsp3) is 0.250. The van der Waals surface area contributed by atoms with Crippen molar-refractivity contribution >= 4 is 76.0 Å². The molecule has 1 unspecified atom stereocenters. The molecule has 4 aromatic rings. The molecule has 68 heavy (non-hydrogen) atoms. The maximum Gasteiger partial charge on any atom is 0.312 e. The topological polar surface area (TPSA) is 365 Å². The Morgan fingerprint density at radius 3 is 1.12 bits per heavy atom. The largest absolute Gasteiger partial charge is 0.496 e. The fourth-order valence-electron chi connectivity index (χ4n) is 6.15. The van der Waals surface area contributed by atoms with Gasteiger partial charge in [-0.1, -0.05) is 0 Å². The zero-order chi connectivity index (χ0) is 49.9. The van der Waals surface area contributed by atoms with Crippen LogP contribution < -0.4 is 78.7 Å². The van der Waals surface area contributed by atoms with E-state index in [1.807, 2.05) is 0 Å². The van der Waals surface area contributed by atoms with Crippen LogP contribution in [0.5, 0.6) is 23.0 Å². The van der Waals surface area contributed by atoms with Crippen LogP contribution >= 0.6 is 0 Å². The number of carbonyl (C=O) groups is 9. The lowest BCUT2D eigenvalue weighted by atomic mass is 10.1. The van der Waals surface area contributed by atoms with Crippen molar-refractivity contribution in [1.29, 1.82) is 0 Å². The minimum Gasteiger partial charge on any atom is -0.496 e. The molecule has 4 aromatic carbocycles. The smallest absolute Gasteiger partial charge is 0.312 e. The van der Waals surface area contributed by atoms with E-state index in [1.165, 1.54) is 101 Å². The molecule has 0 heterocycles. The maximum atomic E-state index is 13.3. The zero-order valence-corrected chi connectivity index (χ0v) is 37.3. The number of ether oxygens (including phenoxy) is 4. The number of nitrogens with two attached hydrogens (primary N) is 3. The first-order valence-electron chi connectivity index (χ1n) is 20.3. The molecule has 4 rings (SSSR count). The van der Waals surface area contributed by atoms with E-state index in [0.29, 0.717) is 6.42 Å². The van der Waals surface area contributed by atoms with Crippen molar-refractivity contribution in [1.82, 2.24) is 21.3 Å². The minimum absolute atomic E-state index is 0.00473. The molecule has 360 valence electrons. The summed E-state index contributed by atoms with van der Waals surface area (Å²) in [6.45, 7) is -1.31. The lowest BCUT2D eigenvalue weighted by Crippen LogP contribution is -2.37. The molecule has 10 amide bonds. The molecule has 14 N–H and O–H groups in total. The van der Waals surface area contributed by atoms with Gasteiger partial charge in [0.2, 0.25) is 23.6 Å². The third kappa shape index (κ3) is 15.1. The van der Waals surface area contributed by atoms with Gasteiger partial charge >= 0.3 is 6.03 Å². The number of rotatable bonds is 23. The van der Waals surface area contributed by atoms with Crippen molar-refractivity contribution < 1.29 is 62.1 Å². The molecule has 0 bridgehead atoms. The summed E-state index contributed by atoms with van der Waals surface area (Å²) in [5, 5.41) is 20.1. The molecule has 24 heteroatoms. The van der Waals surface area contributed by atoms with E-state index in [9.17, 15) is 43.2 Å². The number of benzene rings is 4. The molecule has 0 aliphatic rings. The molecule has 0 saturated heterocycles. The second-order valence-corrected chi connectivity index (χ2v) is 14.2. The van der Waals surface area contributed by atoms with Gasteiger partial charge in [0.05, 0.1) is 76.4 Å². The Balaban J connectivity index is 1.30. The lowest BCUT2D eigenvalue weighted by molar-refractivity contribution is -0.118. The lowest BCUT2D eigenvalue weighted by Gasteiger charge is -2.15. The first-order chi connectivity index (χ1) is 32.5. The molecule has 0 saturated carbocycles. The summed E-state index contributed by atoms with van der Waals surface area (Å²) in [5.74, 6) is -4.93. The first-order valence-corrected chi connectivity index (χ1v) is 20.3. The zero-order valence-electron chi connectivity index (χ0n) is 37.3. The van der Waals surface area contributed by atoms with Crippen molar-refractivity contribution in [3.05, 3.63) is 95.1 Å². The minimum atomic E-state index is -0.924. The van der Waals surface area contributed by atoms with Crippen molar-refractivity contribution in [3.63, 3.8) is 0 Å². The van der Waals surface area contributed by atoms with Crippen LogP contribution in [-0.2, 0) is 19.2 Å². The number of hydrogen-bond donors (Lipinski definition) is 11. The van der Waals surface area contributed by atoms with Crippen LogP contribution in [0.2, 0.25) is 0 Å². The van der Waals surface area contributed by atoms with E-state index in [2.05, 4.69) is 42.5 Å². The van der Waals surface area contributed by atoms with E-state index in [0.717, 1.165) is 0 Å². The Kier molecular flexibility index (Phi) is 19.0. The first kappa shape index (κ1) is 51.7. The normalized spacial score (nSPS) is 10.8. The van der Waals surface area contributed by atoms with Gasteiger partial charge in [-0.3, -0.25) is 38.4 Å². The summed E-state index contributed by atoms with van der Waals surface area (Å²) in [6.07, 6.45) is 0.635. The van der Waals surface area contributed by atoms with Crippen molar-refractivity contribution in [3.8, 4) is 23.0 Å². The molecule has 0 radical (unpaired) electrons. The molecular formula is C44H51N11O13. The SMILES string of the molecule is COc1ccc(NC(=O)CNC(=O)c2cc(NC(=O)CNC(=O)c3cc(NC(=O)CNC(=O)c4cc(NC(=O)C(N)CCCNC(N)=O)ccc4OC)ccc3OC)ccc2OC)cc1C(N)=O. The number of nitrogens with one attached hydrogen (secondary N) is 8. The van der Waals surface area contributed by atoms with Crippen LogP contribution in [0.1, 0.15) is 54.3 Å². The number of primary amides is 2. The third-order valence-corrected chi connectivity index (χ3v) is 9.47. The van der Waals surface area contributed by atoms with E-state index in [4.69, 9.17) is 36.1 Å². The summed E-state index contributed by atoms with van der Waals surface area (Å²) < 4.78 is 21.0. The number of amides is 10. The quantitative estimate of drug-likeness (QED) is 0.0455. The van der Waals surface area contributed by atoms with E-state index in [1.54, 1.807) is 0 Å². The van der Waals surface area contributed by atoms with Gasteiger partial charge in [-0.25, -0.2) is 4.79 Å². The summed E-state index contributed by atoms with van der Waals surface area (Å²) in [5.41, 5.74) is 17.0. The highest BCUT2D eigenvalue weighted by molar-refractivity contribution is 6.06. The van der Waals surface area contributed by atoms with Crippen molar-refractivity contribution in [2.75, 3.05) is 75.9 Å². The number of anilines is 4. The number of methoxy groups -OCH3 is 4. The molecule has 24 nitrogen and oxygen atoms in total. The van der Waals surface area contributed by atoms with Crippen molar-refractivity contribution in [2.45, 2.75) is 18.9 Å².